The Morgan fingerprint density at radius 2 is 1.19 bits per heavy atom. The molecule has 0 aromatic heterocycles. The molecule has 0 spiro atoms. The minimum absolute atomic E-state index is 0.0136. The van der Waals surface area contributed by atoms with Gasteiger partial charge in [-0.25, -0.2) is 13.2 Å². The van der Waals surface area contributed by atoms with Crippen LogP contribution in [-0.4, -0.2) is 4.21 Å². The summed E-state index contributed by atoms with van der Waals surface area (Å²) in [4.78, 5) is 0. The number of benzene rings is 2. The van der Waals surface area contributed by atoms with Gasteiger partial charge >= 0.3 is 11.4 Å². The highest BCUT2D eigenvalue weighted by molar-refractivity contribution is 7.75. The molecule has 1 unspecified atom stereocenters. The van der Waals surface area contributed by atoms with E-state index in [1.165, 1.54) is 24.3 Å². The van der Waals surface area contributed by atoms with E-state index >= 15 is 0 Å². The van der Waals surface area contributed by atoms with Crippen molar-refractivity contribution in [1.82, 2.24) is 0 Å². The van der Waals surface area contributed by atoms with Crippen molar-refractivity contribution in [2.75, 3.05) is 0 Å². The maximum atomic E-state index is 13.3. The molecule has 2 aromatic rings. The summed E-state index contributed by atoms with van der Waals surface area (Å²) in [6.45, 7) is 0. The van der Waals surface area contributed by atoms with Crippen LogP contribution in [0.4, 0.5) is 22.0 Å². The van der Waals surface area contributed by atoms with Gasteiger partial charge in [0.2, 0.25) is 34.8 Å². The summed E-state index contributed by atoms with van der Waals surface area (Å²) in [5.41, 5.74) is 0. The fourth-order valence-electron chi connectivity index (χ4n) is 1.30. The van der Waals surface area contributed by atoms with Crippen LogP contribution in [0.5, 0.6) is 11.5 Å². The molecule has 0 amide bonds. The van der Waals surface area contributed by atoms with Crippen molar-refractivity contribution in [2.24, 2.45) is 0 Å². The van der Waals surface area contributed by atoms with E-state index in [0.29, 0.717) is 0 Å². The highest BCUT2D eigenvalue weighted by atomic mass is 32.2. The van der Waals surface area contributed by atoms with Crippen LogP contribution in [0.15, 0.2) is 30.3 Å². The zero-order chi connectivity index (χ0) is 15.6. The second kappa shape index (κ2) is 6.08. The molecule has 0 radical (unpaired) electrons. The van der Waals surface area contributed by atoms with E-state index in [1.807, 2.05) is 0 Å². The normalized spacial score (nSPS) is 12.0. The van der Waals surface area contributed by atoms with Gasteiger partial charge in [-0.1, -0.05) is 18.2 Å². The standard InChI is InChI=1S/C12H5F5O3S/c13-7-8(14)10(16)12(11(17)9(7)15)20-21(18)19-6-4-2-1-3-5-6/h1-5H. The van der Waals surface area contributed by atoms with Gasteiger partial charge in [0.15, 0.2) is 0 Å². The molecule has 0 saturated heterocycles. The first-order valence-corrected chi connectivity index (χ1v) is 6.26. The first-order chi connectivity index (χ1) is 9.91. The quantitative estimate of drug-likeness (QED) is 0.491. The third-order valence-corrected chi connectivity index (χ3v) is 2.86. The highest BCUT2D eigenvalue weighted by Gasteiger charge is 2.28. The van der Waals surface area contributed by atoms with Gasteiger partial charge in [0.1, 0.15) is 5.75 Å². The Hall–Kier alpha value is -2.16. The van der Waals surface area contributed by atoms with E-state index in [0.717, 1.165) is 0 Å². The summed E-state index contributed by atoms with van der Waals surface area (Å²) in [7, 11) is 0. The van der Waals surface area contributed by atoms with E-state index in [9.17, 15) is 26.2 Å². The Kier molecular flexibility index (Phi) is 4.41. The van der Waals surface area contributed by atoms with Gasteiger partial charge in [-0.05, 0) is 12.1 Å². The molecule has 0 saturated carbocycles. The van der Waals surface area contributed by atoms with Crippen LogP contribution in [0.3, 0.4) is 0 Å². The molecule has 0 bridgehead atoms. The molecule has 9 heteroatoms. The van der Waals surface area contributed by atoms with E-state index < -0.39 is 46.2 Å². The minimum Gasteiger partial charge on any atom is -0.371 e. The zero-order valence-electron chi connectivity index (χ0n) is 9.91. The molecule has 21 heavy (non-hydrogen) atoms. The summed E-state index contributed by atoms with van der Waals surface area (Å²) >= 11 is -2.80. The van der Waals surface area contributed by atoms with Crippen LogP contribution in [0.25, 0.3) is 0 Å². The zero-order valence-corrected chi connectivity index (χ0v) is 10.7. The largest absolute Gasteiger partial charge is 0.417 e. The van der Waals surface area contributed by atoms with Crippen molar-refractivity contribution in [2.45, 2.75) is 0 Å². The summed E-state index contributed by atoms with van der Waals surface area (Å²) in [6.07, 6.45) is 0. The molecule has 3 nitrogen and oxygen atoms in total. The van der Waals surface area contributed by atoms with Gasteiger partial charge in [-0.3, -0.25) is 0 Å². The van der Waals surface area contributed by atoms with Crippen molar-refractivity contribution in [3.8, 4) is 11.5 Å². The Labute approximate surface area is 117 Å². The molecule has 0 aliphatic rings. The molecule has 112 valence electrons. The second-order valence-electron chi connectivity index (χ2n) is 3.58. The molecule has 0 fully saturated rings. The maximum absolute atomic E-state index is 13.3. The van der Waals surface area contributed by atoms with Gasteiger partial charge in [0.25, 0.3) is 0 Å². The number of halogens is 5. The SMILES string of the molecule is O=S(Oc1ccccc1)Oc1c(F)c(F)c(F)c(F)c1F. The van der Waals surface area contributed by atoms with Gasteiger partial charge in [-0.2, -0.15) is 13.0 Å². The lowest BCUT2D eigenvalue weighted by Crippen LogP contribution is -2.13. The van der Waals surface area contributed by atoms with Gasteiger partial charge < -0.3 is 8.37 Å². The second-order valence-corrected chi connectivity index (χ2v) is 4.32. The molecule has 1 atom stereocenters. The number of rotatable bonds is 4. The molecule has 0 heterocycles. The maximum Gasteiger partial charge on any atom is 0.417 e. The van der Waals surface area contributed by atoms with E-state index in [1.54, 1.807) is 6.07 Å². The van der Waals surface area contributed by atoms with Crippen LogP contribution >= 0.6 is 0 Å². The van der Waals surface area contributed by atoms with Crippen molar-refractivity contribution in [3.63, 3.8) is 0 Å². The minimum atomic E-state index is -2.80. The predicted octanol–water partition coefficient (Wildman–Crippen LogP) is 3.42. The summed E-state index contributed by atoms with van der Waals surface area (Å²) < 4.78 is 85.3. The van der Waals surface area contributed by atoms with Crippen molar-refractivity contribution in [3.05, 3.63) is 59.4 Å². The van der Waals surface area contributed by atoms with Crippen molar-refractivity contribution < 1.29 is 34.5 Å². The third-order valence-electron chi connectivity index (χ3n) is 2.23. The molecular weight excluding hydrogens is 319 g/mol. The Balaban J connectivity index is 2.26. The number of hydrogen-bond donors (Lipinski definition) is 0. The van der Waals surface area contributed by atoms with Crippen LogP contribution in [0.1, 0.15) is 0 Å². The first-order valence-electron chi connectivity index (χ1n) is 5.26. The summed E-state index contributed by atoms with van der Waals surface area (Å²) in [5.74, 6) is -12.9. The summed E-state index contributed by atoms with van der Waals surface area (Å²) in [6, 6.07) is 7.32. The van der Waals surface area contributed by atoms with E-state index in [4.69, 9.17) is 0 Å². The summed E-state index contributed by atoms with van der Waals surface area (Å²) in [5, 5.41) is 0. The van der Waals surface area contributed by atoms with E-state index in [-0.39, 0.29) is 5.75 Å². The van der Waals surface area contributed by atoms with Crippen LogP contribution in [0, 0.1) is 29.1 Å². The van der Waals surface area contributed by atoms with Crippen LogP contribution < -0.4 is 8.37 Å². The molecule has 0 aliphatic heterocycles. The smallest absolute Gasteiger partial charge is 0.371 e. The van der Waals surface area contributed by atoms with Crippen LogP contribution in [0.2, 0.25) is 0 Å². The molecule has 0 N–H and O–H groups in total. The molecule has 2 rings (SSSR count). The van der Waals surface area contributed by atoms with Crippen molar-refractivity contribution >= 4 is 11.4 Å². The molecule has 2 aromatic carbocycles. The Morgan fingerprint density at radius 3 is 1.71 bits per heavy atom. The lowest BCUT2D eigenvalue weighted by Gasteiger charge is -2.09. The lowest BCUT2D eigenvalue weighted by atomic mass is 10.3. The van der Waals surface area contributed by atoms with E-state index in [2.05, 4.69) is 8.37 Å². The molecule has 0 aliphatic carbocycles. The monoisotopic (exact) mass is 324 g/mol. The highest BCUT2D eigenvalue weighted by Crippen LogP contribution is 2.29. The average molecular weight is 324 g/mol. The number of para-hydroxylation sites is 1. The Morgan fingerprint density at radius 1 is 0.714 bits per heavy atom. The number of hydrogen-bond acceptors (Lipinski definition) is 3. The third kappa shape index (κ3) is 3.13. The first kappa shape index (κ1) is 15.2. The Bertz CT molecular complexity index is 664. The fraction of sp³-hybridized carbons (Fsp3) is 0. The van der Waals surface area contributed by atoms with Gasteiger partial charge in [-0.15, -0.1) is 0 Å². The van der Waals surface area contributed by atoms with Gasteiger partial charge in [0.05, 0.1) is 0 Å². The van der Waals surface area contributed by atoms with Gasteiger partial charge in [0, 0.05) is 0 Å². The fourth-order valence-corrected chi connectivity index (χ4v) is 1.88. The van der Waals surface area contributed by atoms with Crippen LogP contribution in [-0.2, 0) is 11.4 Å². The lowest BCUT2D eigenvalue weighted by molar-refractivity contribution is 0.344. The predicted molar refractivity (Wildman–Crippen MR) is 62.1 cm³/mol. The van der Waals surface area contributed by atoms with Crippen molar-refractivity contribution in [1.29, 1.82) is 0 Å². The average Bonchev–Trinajstić information content (AvgIpc) is 2.48. The molecular formula is C12H5F5O3S. The topological polar surface area (TPSA) is 35.5 Å².